The van der Waals surface area contributed by atoms with E-state index in [1.165, 1.54) is 47.5 Å². The first-order valence-corrected chi connectivity index (χ1v) is 10.9. The number of fused-ring (bicyclic) bond motifs is 2. The number of aliphatic hydroxyl groups is 1. The van der Waals surface area contributed by atoms with Crippen LogP contribution in [-0.2, 0) is 10.3 Å². The highest BCUT2D eigenvalue weighted by molar-refractivity contribution is 6.31. The maximum Gasteiger partial charge on any atom is 0.412 e. The predicted octanol–water partition coefficient (Wildman–Crippen LogP) is 4.12. The third-order valence-corrected chi connectivity index (χ3v) is 6.38. The summed E-state index contributed by atoms with van der Waals surface area (Å²) in [6.45, 7) is 0.260. The van der Waals surface area contributed by atoms with E-state index >= 15 is 4.39 Å². The van der Waals surface area contributed by atoms with Crippen molar-refractivity contribution in [1.29, 1.82) is 0 Å². The van der Waals surface area contributed by atoms with E-state index in [0.29, 0.717) is 24.9 Å². The fraction of sp³-hybridized carbons (Fsp3) is 0.261. The number of amides is 2. The standard InChI is InChI=1S/C23H19ClF2N4O4/c24-14-6-7-15-17(18(14)26)23(34-22(33)29-15)8-1-9-30(11-23)21(32)16-10-27-20(28-16)19(31)12-2-4-13(25)5-3-12/h2-7,10,19,31H,1,8-9,11H2,(H,27,28)(H,29,33)/t19?,23-/m0/s1. The number of benzene rings is 2. The molecular weight excluding hydrogens is 470 g/mol. The number of carbonyl (C=O) groups excluding carboxylic acids is 2. The number of imidazole rings is 1. The number of hydrogen-bond acceptors (Lipinski definition) is 5. The Morgan fingerprint density at radius 2 is 2.00 bits per heavy atom. The van der Waals surface area contributed by atoms with E-state index in [2.05, 4.69) is 15.3 Å². The van der Waals surface area contributed by atoms with Crippen molar-refractivity contribution in [2.24, 2.45) is 0 Å². The van der Waals surface area contributed by atoms with Crippen LogP contribution in [0.15, 0.2) is 42.6 Å². The zero-order valence-electron chi connectivity index (χ0n) is 17.6. The molecule has 1 spiro atoms. The molecule has 2 atom stereocenters. The van der Waals surface area contributed by atoms with Crippen molar-refractivity contribution in [2.45, 2.75) is 24.5 Å². The third-order valence-electron chi connectivity index (χ3n) is 6.09. The van der Waals surface area contributed by atoms with Crippen LogP contribution >= 0.6 is 11.6 Å². The van der Waals surface area contributed by atoms with Gasteiger partial charge in [0.1, 0.15) is 23.4 Å². The van der Waals surface area contributed by atoms with Crippen molar-refractivity contribution in [2.75, 3.05) is 18.4 Å². The maximum atomic E-state index is 15.0. The summed E-state index contributed by atoms with van der Waals surface area (Å²) in [5.41, 5.74) is -0.540. The quantitative estimate of drug-likeness (QED) is 0.514. The minimum absolute atomic E-state index is 0.0849. The van der Waals surface area contributed by atoms with Gasteiger partial charge in [-0.05, 0) is 42.7 Å². The number of aliphatic hydroxyl groups excluding tert-OH is 1. The zero-order chi connectivity index (χ0) is 24.0. The molecule has 0 bridgehead atoms. The number of ether oxygens (including phenoxy) is 1. The van der Waals surface area contributed by atoms with Crippen molar-refractivity contribution < 1.29 is 28.2 Å². The minimum atomic E-state index is -1.39. The molecule has 3 N–H and O–H groups in total. The van der Waals surface area contributed by atoms with Gasteiger partial charge in [0.05, 0.1) is 29.0 Å². The fourth-order valence-corrected chi connectivity index (χ4v) is 4.66. The Balaban J connectivity index is 1.41. The predicted molar refractivity (Wildman–Crippen MR) is 117 cm³/mol. The minimum Gasteiger partial charge on any atom is -0.436 e. The SMILES string of the molecule is O=C1Nc2ccc(Cl)c(F)c2[C@@]2(CCCN(C(=O)c3cnc(C(O)c4ccc(F)cc4)[nH]3)C2)O1. The Morgan fingerprint density at radius 1 is 1.24 bits per heavy atom. The number of nitrogens with zero attached hydrogens (tertiary/aromatic N) is 2. The number of anilines is 1. The molecule has 3 heterocycles. The number of aromatic amines is 1. The van der Waals surface area contributed by atoms with Gasteiger partial charge < -0.3 is 19.7 Å². The van der Waals surface area contributed by atoms with Crippen LogP contribution in [0.1, 0.15) is 46.4 Å². The Kier molecular flexibility index (Phi) is 5.49. The lowest BCUT2D eigenvalue weighted by atomic mass is 9.83. The molecule has 2 aromatic carbocycles. The number of halogens is 3. The molecule has 1 fully saturated rings. The number of carbonyl (C=O) groups is 2. The molecule has 5 rings (SSSR count). The topological polar surface area (TPSA) is 108 Å². The van der Waals surface area contributed by atoms with Crippen LogP contribution in [0.5, 0.6) is 0 Å². The zero-order valence-corrected chi connectivity index (χ0v) is 18.4. The molecule has 1 unspecified atom stereocenters. The summed E-state index contributed by atoms with van der Waals surface area (Å²) in [4.78, 5) is 33.8. The highest BCUT2D eigenvalue weighted by Crippen LogP contribution is 2.45. The Hall–Kier alpha value is -3.50. The molecule has 176 valence electrons. The lowest BCUT2D eigenvalue weighted by Crippen LogP contribution is -2.53. The Bertz CT molecular complexity index is 1280. The molecule has 0 saturated carbocycles. The van der Waals surface area contributed by atoms with Crippen LogP contribution in [0.3, 0.4) is 0 Å². The number of piperidine rings is 1. The second-order valence-electron chi connectivity index (χ2n) is 8.26. The van der Waals surface area contributed by atoms with Crippen molar-refractivity contribution in [3.05, 3.63) is 81.9 Å². The number of nitrogens with one attached hydrogen (secondary N) is 2. The van der Waals surface area contributed by atoms with Gasteiger partial charge in [0.25, 0.3) is 5.91 Å². The van der Waals surface area contributed by atoms with Gasteiger partial charge in [0, 0.05) is 6.54 Å². The maximum absolute atomic E-state index is 15.0. The second kappa shape index (κ2) is 8.37. The van der Waals surface area contributed by atoms with Crippen LogP contribution in [0.4, 0.5) is 19.3 Å². The van der Waals surface area contributed by atoms with Gasteiger partial charge in [0.15, 0.2) is 11.4 Å². The number of H-pyrrole nitrogens is 1. The highest BCUT2D eigenvalue weighted by Gasteiger charge is 2.48. The molecule has 1 aromatic heterocycles. The number of hydrogen-bond donors (Lipinski definition) is 3. The third kappa shape index (κ3) is 3.78. The van der Waals surface area contributed by atoms with Gasteiger partial charge in [-0.15, -0.1) is 0 Å². The first-order chi connectivity index (χ1) is 16.3. The Morgan fingerprint density at radius 3 is 2.76 bits per heavy atom. The largest absolute Gasteiger partial charge is 0.436 e. The van der Waals surface area contributed by atoms with E-state index in [4.69, 9.17) is 16.3 Å². The average Bonchev–Trinajstić information content (AvgIpc) is 3.31. The molecule has 11 heteroatoms. The van der Waals surface area contributed by atoms with Gasteiger partial charge in [-0.25, -0.2) is 18.6 Å². The summed E-state index contributed by atoms with van der Waals surface area (Å²) < 4.78 is 33.8. The van der Waals surface area contributed by atoms with Gasteiger partial charge >= 0.3 is 6.09 Å². The summed E-state index contributed by atoms with van der Waals surface area (Å²) in [7, 11) is 0. The number of rotatable bonds is 3. The monoisotopic (exact) mass is 488 g/mol. The van der Waals surface area contributed by atoms with Crippen LogP contribution in [-0.4, -0.2) is 45.1 Å². The molecule has 2 amide bonds. The van der Waals surface area contributed by atoms with E-state index in [0.717, 1.165) is 0 Å². The molecule has 3 aromatic rings. The van der Waals surface area contributed by atoms with E-state index in [9.17, 15) is 19.1 Å². The smallest absolute Gasteiger partial charge is 0.412 e. The van der Waals surface area contributed by atoms with Crippen LogP contribution in [0, 0.1) is 11.6 Å². The van der Waals surface area contributed by atoms with Crippen molar-refractivity contribution in [1.82, 2.24) is 14.9 Å². The molecule has 2 aliphatic rings. The lowest BCUT2D eigenvalue weighted by Gasteiger charge is -2.45. The van der Waals surface area contributed by atoms with Crippen LogP contribution < -0.4 is 5.32 Å². The van der Waals surface area contributed by atoms with Gasteiger partial charge in [-0.2, -0.15) is 0 Å². The van der Waals surface area contributed by atoms with Gasteiger partial charge in [-0.3, -0.25) is 10.1 Å². The Labute approximate surface area is 197 Å². The van der Waals surface area contributed by atoms with Crippen molar-refractivity contribution in [3.8, 4) is 0 Å². The number of aromatic nitrogens is 2. The van der Waals surface area contributed by atoms with Crippen molar-refractivity contribution >= 4 is 29.3 Å². The molecule has 1 saturated heterocycles. The normalized spacial score (nSPS) is 20.5. The molecule has 0 radical (unpaired) electrons. The molecular formula is C23H19ClF2N4O4. The fourth-order valence-electron chi connectivity index (χ4n) is 4.50. The molecule has 8 nitrogen and oxygen atoms in total. The summed E-state index contributed by atoms with van der Waals surface area (Å²) in [6.07, 6.45) is 0.110. The van der Waals surface area contributed by atoms with Crippen molar-refractivity contribution in [3.63, 3.8) is 0 Å². The second-order valence-corrected chi connectivity index (χ2v) is 8.67. The average molecular weight is 489 g/mol. The summed E-state index contributed by atoms with van der Waals surface area (Å²) >= 11 is 5.99. The van der Waals surface area contributed by atoms with E-state index in [1.54, 1.807) is 0 Å². The molecule has 0 aliphatic carbocycles. The molecule has 2 aliphatic heterocycles. The summed E-state index contributed by atoms with van der Waals surface area (Å²) in [5.74, 6) is -1.50. The lowest BCUT2D eigenvalue weighted by molar-refractivity contribution is -0.0419. The van der Waals surface area contributed by atoms with Crippen LogP contribution in [0.2, 0.25) is 5.02 Å². The molecule has 34 heavy (non-hydrogen) atoms. The highest BCUT2D eigenvalue weighted by atomic mass is 35.5. The summed E-state index contributed by atoms with van der Waals surface area (Å²) in [6, 6.07) is 8.11. The first-order valence-electron chi connectivity index (χ1n) is 10.5. The number of likely N-dealkylation sites (tertiary alicyclic amines) is 1. The van der Waals surface area contributed by atoms with E-state index in [1.807, 2.05) is 0 Å². The van der Waals surface area contributed by atoms with Gasteiger partial charge in [0.2, 0.25) is 0 Å². The van der Waals surface area contributed by atoms with Crippen LogP contribution in [0.25, 0.3) is 0 Å². The van der Waals surface area contributed by atoms with E-state index < -0.39 is 35.3 Å². The van der Waals surface area contributed by atoms with Gasteiger partial charge in [-0.1, -0.05) is 23.7 Å². The summed E-state index contributed by atoms with van der Waals surface area (Å²) in [5, 5.41) is 12.9. The first kappa shape index (κ1) is 22.3. The van der Waals surface area contributed by atoms with E-state index in [-0.39, 0.29) is 34.3 Å².